The highest BCUT2D eigenvalue weighted by Crippen LogP contribution is 2.37. The fourth-order valence-electron chi connectivity index (χ4n) is 7.62. The molecule has 2 aromatic carbocycles. The molecule has 2 aliphatic heterocycles. The van der Waals surface area contributed by atoms with Crippen molar-refractivity contribution in [3.63, 3.8) is 0 Å². The summed E-state index contributed by atoms with van der Waals surface area (Å²) in [4.78, 5) is 30.7. The quantitative estimate of drug-likeness (QED) is 0.227. The molecule has 0 saturated carbocycles. The minimum absolute atomic E-state index is 0.0241. The lowest BCUT2D eigenvalue weighted by atomic mass is 9.96. The van der Waals surface area contributed by atoms with E-state index in [1.54, 1.807) is 21.0 Å². The zero-order valence-electron chi connectivity index (χ0n) is 28.9. The first-order valence-electron chi connectivity index (χ1n) is 17.6. The van der Waals surface area contributed by atoms with Crippen molar-refractivity contribution in [1.29, 1.82) is 0 Å². The van der Waals surface area contributed by atoms with Crippen molar-refractivity contribution in [3.8, 4) is 28.4 Å². The highest BCUT2D eigenvalue weighted by molar-refractivity contribution is 6.00. The van der Waals surface area contributed by atoms with Gasteiger partial charge in [-0.25, -0.2) is 9.97 Å². The number of pyridine rings is 2. The molecule has 3 N–H and O–H groups in total. The van der Waals surface area contributed by atoms with Crippen LogP contribution in [0.3, 0.4) is 0 Å². The maximum absolute atomic E-state index is 13.8. The van der Waals surface area contributed by atoms with Crippen molar-refractivity contribution < 1.29 is 14.6 Å². The Kier molecular flexibility index (Phi) is 8.16. The van der Waals surface area contributed by atoms with Crippen LogP contribution >= 0.6 is 0 Å². The van der Waals surface area contributed by atoms with Crippen molar-refractivity contribution >= 4 is 28.0 Å². The molecule has 1 atom stereocenters. The number of piperidine rings is 1. The van der Waals surface area contributed by atoms with Gasteiger partial charge in [0.25, 0.3) is 5.91 Å². The lowest BCUT2D eigenvalue weighted by molar-refractivity contribution is 0.0707. The highest BCUT2D eigenvalue weighted by Gasteiger charge is 2.28. The number of fused-ring (bicyclic) bond motifs is 11. The number of aryl methyl sites for hydroxylation is 2. The number of likely N-dealkylation sites (tertiary alicyclic amines) is 1. The minimum atomic E-state index is -1.09. The number of aliphatic hydroxyl groups is 1. The Morgan fingerprint density at radius 3 is 2.66 bits per heavy atom. The van der Waals surface area contributed by atoms with E-state index in [-0.39, 0.29) is 11.9 Å². The number of hydrogen-bond acceptors (Lipinski definition) is 7. The molecule has 6 aromatic rings. The Bertz CT molecular complexity index is 2250. The Morgan fingerprint density at radius 1 is 0.980 bits per heavy atom. The molecule has 8 rings (SSSR count). The lowest BCUT2D eigenvalue weighted by Gasteiger charge is -2.30. The van der Waals surface area contributed by atoms with E-state index in [1.165, 1.54) is 11.1 Å². The molecule has 1 amide bonds. The maximum Gasteiger partial charge on any atom is 0.254 e. The molecule has 50 heavy (non-hydrogen) atoms. The summed E-state index contributed by atoms with van der Waals surface area (Å²) < 4.78 is 10.5. The second-order valence-corrected chi connectivity index (χ2v) is 14.3. The third-order valence-corrected chi connectivity index (χ3v) is 10.2. The summed E-state index contributed by atoms with van der Waals surface area (Å²) in [6.45, 7) is 5.92. The number of carbonyl (C=O) groups excluding carboxylic acids is 1. The van der Waals surface area contributed by atoms with Crippen LogP contribution < -0.4 is 10.5 Å². The van der Waals surface area contributed by atoms with Gasteiger partial charge in [-0.15, -0.1) is 0 Å². The average Bonchev–Trinajstić information content (AvgIpc) is 3.66. The number of hydrogen-bond donors (Lipinski definition) is 2. The largest absolute Gasteiger partial charge is 0.494 e. The van der Waals surface area contributed by atoms with Gasteiger partial charge in [-0.3, -0.25) is 9.78 Å². The molecule has 0 spiro atoms. The second kappa shape index (κ2) is 12.7. The fourth-order valence-corrected chi connectivity index (χ4v) is 7.62. The smallest absolute Gasteiger partial charge is 0.254 e. The third kappa shape index (κ3) is 5.82. The van der Waals surface area contributed by atoms with Crippen LogP contribution in [0.4, 0.5) is 0 Å². The number of rotatable bonds is 3. The normalized spacial score (nSPS) is 16.8. The molecule has 10 heteroatoms. The van der Waals surface area contributed by atoms with Crippen molar-refractivity contribution in [2.45, 2.75) is 70.7 Å². The van der Waals surface area contributed by atoms with E-state index in [9.17, 15) is 9.90 Å². The van der Waals surface area contributed by atoms with Gasteiger partial charge in [0.15, 0.2) is 5.82 Å². The first kappa shape index (κ1) is 32.2. The van der Waals surface area contributed by atoms with Gasteiger partial charge >= 0.3 is 0 Å². The lowest BCUT2D eigenvalue weighted by Crippen LogP contribution is -2.45. The van der Waals surface area contributed by atoms with Crippen LogP contribution in [0.5, 0.6) is 5.75 Å². The molecule has 4 aromatic heterocycles. The summed E-state index contributed by atoms with van der Waals surface area (Å²) in [6.07, 6.45) is 8.48. The highest BCUT2D eigenvalue weighted by atomic mass is 16.5. The first-order chi connectivity index (χ1) is 24.2. The van der Waals surface area contributed by atoms with Crippen LogP contribution in [0, 0.1) is 0 Å². The molecular weight excluding hydrogens is 626 g/mol. The van der Waals surface area contributed by atoms with E-state index in [0.29, 0.717) is 42.2 Å². The third-order valence-electron chi connectivity index (χ3n) is 10.2. The zero-order valence-corrected chi connectivity index (χ0v) is 28.9. The molecular formula is C40H43N7O3. The predicted octanol–water partition coefficient (Wildman–Crippen LogP) is 6.30. The van der Waals surface area contributed by atoms with Gasteiger partial charge < -0.3 is 29.6 Å². The summed E-state index contributed by atoms with van der Waals surface area (Å²) >= 11 is 0. The summed E-state index contributed by atoms with van der Waals surface area (Å²) in [5.41, 5.74) is 14.1. The minimum Gasteiger partial charge on any atom is -0.494 e. The van der Waals surface area contributed by atoms with Gasteiger partial charge in [0.05, 0.1) is 30.6 Å². The number of nitrogens with zero attached hydrogens (tertiary/aromatic N) is 6. The van der Waals surface area contributed by atoms with E-state index < -0.39 is 5.60 Å². The number of aromatic nitrogens is 5. The van der Waals surface area contributed by atoms with Gasteiger partial charge in [-0.1, -0.05) is 24.3 Å². The van der Waals surface area contributed by atoms with Crippen molar-refractivity contribution in [2.24, 2.45) is 5.73 Å². The van der Waals surface area contributed by atoms with Gasteiger partial charge in [0.1, 0.15) is 22.5 Å². The van der Waals surface area contributed by atoms with Crippen molar-refractivity contribution in [1.82, 2.24) is 29.0 Å². The Balaban J connectivity index is 1.36. The molecule has 2 bridgehead atoms. The topological polar surface area (TPSA) is 124 Å². The van der Waals surface area contributed by atoms with Crippen LogP contribution in [0.25, 0.3) is 44.7 Å². The van der Waals surface area contributed by atoms with Crippen LogP contribution in [0.1, 0.15) is 66.7 Å². The Hall–Kier alpha value is -5.06. The number of nitrogens with two attached hydrogens (primary N) is 1. The standard InChI is InChI=1S/C40H43N7O3/c1-40(2,49)35-14-13-27-19-33-38-43-32-18-28(39(48)45-15-8-11-30(41)24-45)20-34(50-3)36(32)47(38)23-25-17-29(22-42-21-25)31-12-5-4-9-26(31)10-6-7-16-46(33)37(27)44-35/h4-5,9,12-14,17-22,30,49H,6-8,10-11,15-16,23-24,41H2,1-3H3/t30-/m1/s1. The van der Waals surface area contributed by atoms with Gasteiger partial charge in [-0.2, -0.15) is 0 Å². The number of methoxy groups -OCH3 is 1. The Labute approximate surface area is 291 Å². The van der Waals surface area contributed by atoms with Gasteiger partial charge in [-0.05, 0) is 99.0 Å². The molecule has 0 radical (unpaired) electrons. The van der Waals surface area contributed by atoms with E-state index in [1.807, 2.05) is 41.6 Å². The van der Waals surface area contributed by atoms with E-state index in [4.69, 9.17) is 25.4 Å². The monoisotopic (exact) mass is 669 g/mol. The number of imidazole rings is 1. The first-order valence-corrected chi connectivity index (χ1v) is 17.6. The van der Waals surface area contributed by atoms with Crippen LogP contribution in [0.2, 0.25) is 0 Å². The SMILES string of the molecule is COc1cc(C(=O)N2CCC[C@@H](N)C2)cc2nc3n(c12)Cc1cncc(c1)-c1ccccc1CCCCn1c-3cc2ccc(C(C)(C)O)nc21. The van der Waals surface area contributed by atoms with Crippen molar-refractivity contribution in [3.05, 3.63) is 95.4 Å². The van der Waals surface area contributed by atoms with E-state index in [2.05, 4.69) is 45.5 Å². The maximum atomic E-state index is 13.8. The summed E-state index contributed by atoms with van der Waals surface area (Å²) in [5, 5.41) is 11.9. The molecule has 0 unspecified atom stereocenters. The van der Waals surface area contributed by atoms with E-state index >= 15 is 0 Å². The predicted molar refractivity (Wildman–Crippen MR) is 195 cm³/mol. The van der Waals surface area contributed by atoms with E-state index in [0.717, 1.165) is 77.8 Å². The fraction of sp³-hybridized carbons (Fsp3) is 0.350. The molecule has 2 aliphatic rings. The van der Waals surface area contributed by atoms with Gasteiger partial charge in [0, 0.05) is 54.6 Å². The van der Waals surface area contributed by atoms with Crippen LogP contribution in [0.15, 0.2) is 73.1 Å². The van der Waals surface area contributed by atoms with Crippen LogP contribution in [-0.2, 0) is 25.1 Å². The summed E-state index contributed by atoms with van der Waals surface area (Å²) in [7, 11) is 1.64. The average molecular weight is 670 g/mol. The number of amides is 1. The molecule has 6 heterocycles. The van der Waals surface area contributed by atoms with Gasteiger partial charge in [0.2, 0.25) is 0 Å². The molecule has 1 saturated heterocycles. The molecule has 10 nitrogen and oxygen atoms in total. The number of benzene rings is 2. The number of carbonyl (C=O) groups is 1. The second-order valence-electron chi connectivity index (χ2n) is 14.3. The summed E-state index contributed by atoms with van der Waals surface area (Å²) in [5.74, 6) is 1.25. The van der Waals surface area contributed by atoms with Crippen molar-refractivity contribution in [2.75, 3.05) is 20.2 Å². The number of ether oxygens (including phenoxy) is 1. The summed E-state index contributed by atoms with van der Waals surface area (Å²) in [6, 6.07) is 20.5. The Morgan fingerprint density at radius 2 is 1.84 bits per heavy atom. The molecule has 1 fully saturated rings. The van der Waals surface area contributed by atoms with Crippen LogP contribution in [-0.4, -0.2) is 66.2 Å². The molecule has 0 aliphatic carbocycles. The zero-order chi connectivity index (χ0) is 34.6. The molecule has 256 valence electrons.